The fourth-order valence-electron chi connectivity index (χ4n) is 7.74. The number of carboxylic acids is 1. The van der Waals surface area contributed by atoms with Gasteiger partial charge in [-0.25, -0.2) is 4.79 Å². The van der Waals surface area contributed by atoms with E-state index in [9.17, 15) is 24.3 Å². The molecule has 0 radical (unpaired) electrons. The molecule has 2 aliphatic carbocycles. The lowest BCUT2D eigenvalue weighted by atomic mass is 9.68. The molecule has 3 aromatic rings. The smallest absolute Gasteiger partial charge is 0.326 e. The number of aryl methyl sites for hydroxylation is 1. The number of hydrogen-bond donors (Lipinski definition) is 2. The molecule has 2 aromatic carbocycles. The number of thiazole rings is 1. The number of ether oxygens (including phenoxy) is 1. The summed E-state index contributed by atoms with van der Waals surface area (Å²) in [5.74, 6) is -2.69. The van der Waals surface area contributed by atoms with Crippen LogP contribution in [-0.2, 0) is 21.0 Å². The average molecular weight is 656 g/mol. The molecule has 8 nitrogen and oxygen atoms in total. The van der Waals surface area contributed by atoms with Crippen molar-refractivity contribution in [1.29, 1.82) is 0 Å². The second-order valence-corrected chi connectivity index (χ2v) is 14.6. The van der Waals surface area contributed by atoms with E-state index in [4.69, 9.17) is 4.74 Å². The molecule has 11 heteroatoms. The Labute approximate surface area is 252 Å². The number of rotatable bonds is 6. The van der Waals surface area contributed by atoms with Gasteiger partial charge in [-0.1, -0.05) is 57.1 Å². The Morgan fingerprint density at radius 1 is 1.15 bits per heavy atom. The number of aromatic nitrogens is 1. The van der Waals surface area contributed by atoms with E-state index in [1.807, 2.05) is 43.3 Å². The summed E-state index contributed by atoms with van der Waals surface area (Å²) in [4.78, 5) is 56.4. The standard InChI is InChI=1S/C30H27BrN2O6S2/c1-12-4-3-5-14(8-12)11-39-19-7-6-15(31)9-16(19)20-21-17-10-18(24(21)40-26-25(20)41-30(38)32-26)23-22(17)27(34)33(28(23)35)13(2)29(36)37/h3-9,13,17-18,20-24H,10-11H2,1-2H3,(H,32,38)(H,36,37)/t13?,17?,18?,20-,21?,22?,23?,24?/m1/s1. The molecule has 7 unspecified atom stereocenters. The van der Waals surface area contributed by atoms with Gasteiger partial charge in [0.1, 0.15) is 18.4 Å². The van der Waals surface area contributed by atoms with Crippen molar-refractivity contribution in [3.05, 3.63) is 78.2 Å². The maximum Gasteiger partial charge on any atom is 0.326 e. The van der Waals surface area contributed by atoms with Crippen molar-refractivity contribution in [2.24, 2.45) is 29.6 Å². The van der Waals surface area contributed by atoms with Crippen molar-refractivity contribution in [1.82, 2.24) is 9.88 Å². The molecule has 41 heavy (non-hydrogen) atoms. The number of thioether (sulfide) groups is 1. The van der Waals surface area contributed by atoms with Crippen molar-refractivity contribution < 1.29 is 24.2 Å². The number of likely N-dealkylation sites (tertiary alicyclic amines) is 1. The summed E-state index contributed by atoms with van der Waals surface area (Å²) in [7, 11) is 0. The lowest BCUT2D eigenvalue weighted by Crippen LogP contribution is -2.44. The number of carbonyl (C=O) groups excluding carboxylic acids is 2. The van der Waals surface area contributed by atoms with Crippen molar-refractivity contribution >= 4 is 56.8 Å². The minimum atomic E-state index is -1.20. The predicted molar refractivity (Wildman–Crippen MR) is 157 cm³/mol. The minimum absolute atomic E-state index is 0.00411. The van der Waals surface area contributed by atoms with E-state index in [2.05, 4.69) is 27.0 Å². The van der Waals surface area contributed by atoms with Crippen LogP contribution in [0.2, 0.25) is 0 Å². The molecule has 1 saturated heterocycles. The number of aromatic amines is 1. The molecule has 2 amide bonds. The Morgan fingerprint density at radius 3 is 2.63 bits per heavy atom. The maximum absolute atomic E-state index is 13.7. The highest BCUT2D eigenvalue weighted by molar-refractivity contribution is 9.10. The van der Waals surface area contributed by atoms with Crippen LogP contribution in [-0.4, -0.2) is 44.1 Å². The largest absolute Gasteiger partial charge is 0.489 e. The Kier molecular flexibility index (Phi) is 6.48. The lowest BCUT2D eigenvalue weighted by molar-refractivity contribution is -0.154. The van der Waals surface area contributed by atoms with Crippen LogP contribution >= 0.6 is 39.0 Å². The molecule has 2 bridgehead atoms. The summed E-state index contributed by atoms with van der Waals surface area (Å²) in [5.41, 5.74) is 3.14. The van der Waals surface area contributed by atoms with Gasteiger partial charge in [-0.2, -0.15) is 0 Å². The number of hydrogen-bond acceptors (Lipinski definition) is 7. The van der Waals surface area contributed by atoms with E-state index in [-0.39, 0.29) is 45.6 Å². The first-order valence-electron chi connectivity index (χ1n) is 13.6. The Balaban J connectivity index is 1.30. The average Bonchev–Trinajstić information content (AvgIpc) is 3.66. The molecule has 2 aliphatic heterocycles. The number of amides is 2. The monoisotopic (exact) mass is 654 g/mol. The Bertz CT molecular complexity index is 1670. The van der Waals surface area contributed by atoms with Gasteiger partial charge in [0.05, 0.1) is 16.9 Å². The highest BCUT2D eigenvalue weighted by atomic mass is 79.9. The molecule has 7 rings (SSSR count). The van der Waals surface area contributed by atoms with Crippen LogP contribution in [0.1, 0.15) is 40.8 Å². The summed E-state index contributed by atoms with van der Waals surface area (Å²) < 4.78 is 7.31. The van der Waals surface area contributed by atoms with Gasteiger partial charge in [0.15, 0.2) is 0 Å². The van der Waals surface area contributed by atoms with Crippen LogP contribution in [0.3, 0.4) is 0 Å². The van der Waals surface area contributed by atoms with Crippen molar-refractivity contribution in [2.75, 3.05) is 0 Å². The molecular weight excluding hydrogens is 628 g/mol. The van der Waals surface area contributed by atoms with Gasteiger partial charge in [-0.15, -0.1) is 11.8 Å². The first-order chi connectivity index (χ1) is 19.6. The number of halogens is 1. The van der Waals surface area contributed by atoms with E-state index >= 15 is 0 Å². The topological polar surface area (TPSA) is 117 Å². The number of carboxylic acid groups (broad SMARTS) is 1. The third kappa shape index (κ3) is 4.14. The summed E-state index contributed by atoms with van der Waals surface area (Å²) >= 11 is 6.44. The first-order valence-corrected chi connectivity index (χ1v) is 16.1. The van der Waals surface area contributed by atoms with Gasteiger partial charge in [-0.3, -0.25) is 19.3 Å². The van der Waals surface area contributed by atoms with E-state index < -0.39 is 23.8 Å². The van der Waals surface area contributed by atoms with Gasteiger partial charge in [0.25, 0.3) is 0 Å². The lowest BCUT2D eigenvalue weighted by Gasteiger charge is -2.43. The number of carbonyl (C=O) groups is 3. The van der Waals surface area contributed by atoms with Gasteiger partial charge in [0, 0.05) is 26.1 Å². The molecule has 3 heterocycles. The molecule has 1 aromatic heterocycles. The number of benzene rings is 2. The number of aliphatic carboxylic acids is 1. The van der Waals surface area contributed by atoms with Crippen molar-refractivity contribution in [3.63, 3.8) is 0 Å². The van der Waals surface area contributed by atoms with Crippen LogP contribution in [0.25, 0.3) is 0 Å². The highest BCUT2D eigenvalue weighted by Gasteiger charge is 2.70. The molecule has 4 aliphatic rings. The van der Waals surface area contributed by atoms with E-state index in [0.717, 1.165) is 42.4 Å². The molecule has 0 spiro atoms. The van der Waals surface area contributed by atoms with Crippen LogP contribution in [0.15, 0.2) is 56.8 Å². The molecule has 3 fully saturated rings. The quantitative estimate of drug-likeness (QED) is 0.358. The third-order valence-corrected chi connectivity index (χ3v) is 12.4. The minimum Gasteiger partial charge on any atom is -0.489 e. The van der Waals surface area contributed by atoms with E-state index in [1.54, 1.807) is 11.8 Å². The highest BCUT2D eigenvalue weighted by Crippen LogP contribution is 2.69. The normalized spacial score (nSPS) is 30.2. The van der Waals surface area contributed by atoms with E-state index in [1.165, 1.54) is 18.3 Å². The van der Waals surface area contributed by atoms with Crippen LogP contribution in [0.5, 0.6) is 5.75 Å². The number of nitrogens with one attached hydrogen (secondary N) is 1. The number of H-pyrrole nitrogens is 1. The number of fused-ring (bicyclic) bond motifs is 9. The van der Waals surface area contributed by atoms with Crippen molar-refractivity contribution in [3.8, 4) is 5.75 Å². The molecule has 2 N–H and O–H groups in total. The number of nitrogens with zero attached hydrogens (tertiary/aromatic N) is 1. The Hall–Kier alpha value is -2.89. The zero-order valence-electron chi connectivity index (χ0n) is 22.2. The second kappa shape index (κ2) is 9.84. The summed E-state index contributed by atoms with van der Waals surface area (Å²) in [6.45, 7) is 3.82. The fourth-order valence-corrected chi connectivity index (χ4v) is 11.0. The SMILES string of the molecule is Cc1cccc(COc2ccc(Br)cc2[C@H]2c3sc(=O)[nH]c3SC3C4CC(C5C(=O)N(C(C)C(=O)O)C(=O)C45)C32)c1. The zero-order chi connectivity index (χ0) is 28.7. The van der Waals surface area contributed by atoms with Gasteiger partial charge in [0.2, 0.25) is 11.8 Å². The first kappa shape index (κ1) is 27.0. The van der Waals surface area contributed by atoms with Crippen LogP contribution in [0.4, 0.5) is 0 Å². The summed E-state index contributed by atoms with van der Waals surface area (Å²) in [6, 6.07) is 12.9. The summed E-state index contributed by atoms with van der Waals surface area (Å²) in [6.07, 6.45) is 0.730. The Morgan fingerprint density at radius 2 is 1.90 bits per heavy atom. The zero-order valence-corrected chi connectivity index (χ0v) is 25.4. The number of imide groups is 1. The molecular formula is C30H27BrN2O6S2. The van der Waals surface area contributed by atoms with Gasteiger partial charge >= 0.3 is 10.8 Å². The molecule has 8 atom stereocenters. The summed E-state index contributed by atoms with van der Waals surface area (Å²) in [5, 5.41) is 10.4. The fraction of sp³-hybridized carbons (Fsp3) is 0.400. The predicted octanol–water partition coefficient (Wildman–Crippen LogP) is 5.03. The van der Waals surface area contributed by atoms with Gasteiger partial charge < -0.3 is 14.8 Å². The van der Waals surface area contributed by atoms with Crippen LogP contribution in [0, 0.1) is 36.5 Å². The third-order valence-electron chi connectivity index (χ3n) is 9.29. The maximum atomic E-state index is 13.7. The molecule has 212 valence electrons. The van der Waals surface area contributed by atoms with Gasteiger partial charge in [-0.05, 0) is 61.8 Å². The van der Waals surface area contributed by atoms with E-state index in [0.29, 0.717) is 12.4 Å². The second-order valence-electron chi connectivity index (χ2n) is 11.5. The van der Waals surface area contributed by atoms with Crippen molar-refractivity contribution in [2.45, 2.75) is 49.1 Å². The van der Waals surface area contributed by atoms with Crippen LogP contribution < -0.4 is 9.61 Å². The molecule has 2 saturated carbocycles.